The highest BCUT2D eigenvalue weighted by molar-refractivity contribution is 6.30. The molecule has 0 amide bonds. The minimum Gasteiger partial charge on any atom is -0.312 e. The van der Waals surface area contributed by atoms with Crippen LogP contribution < -0.4 is 5.32 Å². The standard InChI is InChI=1S/C18H29ClN2/c1-13(2)9-18(21(3)4)12-20-17-10-15(11-17)14-5-7-16(19)8-6-14/h5-8,13,15,17-18,20H,9-12H2,1-4H3. The van der Waals surface area contributed by atoms with E-state index in [-0.39, 0.29) is 0 Å². The summed E-state index contributed by atoms with van der Waals surface area (Å²) in [5, 5.41) is 4.58. The summed E-state index contributed by atoms with van der Waals surface area (Å²) in [6, 6.07) is 9.67. The minimum atomic E-state index is 0.639. The molecule has 1 aromatic carbocycles. The fourth-order valence-corrected chi connectivity index (χ4v) is 3.24. The van der Waals surface area contributed by atoms with E-state index < -0.39 is 0 Å². The topological polar surface area (TPSA) is 15.3 Å². The molecule has 1 N–H and O–H groups in total. The van der Waals surface area contributed by atoms with Gasteiger partial charge in [-0.2, -0.15) is 0 Å². The van der Waals surface area contributed by atoms with Crippen molar-refractivity contribution in [1.82, 2.24) is 10.2 Å². The highest BCUT2D eigenvalue weighted by Gasteiger charge is 2.30. The number of hydrogen-bond acceptors (Lipinski definition) is 2. The third kappa shape index (κ3) is 4.98. The predicted octanol–water partition coefficient (Wildman–Crippen LogP) is 4.15. The predicted molar refractivity (Wildman–Crippen MR) is 92.1 cm³/mol. The lowest BCUT2D eigenvalue weighted by molar-refractivity contribution is 0.214. The van der Waals surface area contributed by atoms with Crippen molar-refractivity contribution < 1.29 is 0 Å². The van der Waals surface area contributed by atoms with Crippen LogP contribution in [-0.2, 0) is 0 Å². The summed E-state index contributed by atoms with van der Waals surface area (Å²) in [4.78, 5) is 2.35. The molecule has 21 heavy (non-hydrogen) atoms. The van der Waals surface area contributed by atoms with E-state index in [0.29, 0.717) is 18.0 Å². The monoisotopic (exact) mass is 308 g/mol. The van der Waals surface area contributed by atoms with Crippen LogP contribution in [0.5, 0.6) is 0 Å². The Morgan fingerprint density at radius 2 is 1.81 bits per heavy atom. The molecule has 0 heterocycles. The molecule has 1 aliphatic rings. The zero-order valence-corrected chi connectivity index (χ0v) is 14.5. The van der Waals surface area contributed by atoms with E-state index in [0.717, 1.165) is 17.5 Å². The fraction of sp³-hybridized carbons (Fsp3) is 0.667. The van der Waals surface area contributed by atoms with Gasteiger partial charge in [0.05, 0.1) is 0 Å². The van der Waals surface area contributed by atoms with Crippen LogP contribution in [0.25, 0.3) is 0 Å². The molecule has 0 aliphatic heterocycles. The lowest BCUT2D eigenvalue weighted by Gasteiger charge is -2.38. The molecule has 1 unspecified atom stereocenters. The summed E-state index contributed by atoms with van der Waals surface area (Å²) < 4.78 is 0. The smallest absolute Gasteiger partial charge is 0.0406 e. The molecular formula is C18H29ClN2. The van der Waals surface area contributed by atoms with E-state index in [2.05, 4.69) is 50.3 Å². The second-order valence-electron chi connectivity index (χ2n) is 7.07. The zero-order valence-electron chi connectivity index (χ0n) is 13.8. The van der Waals surface area contributed by atoms with Crippen LogP contribution in [0.4, 0.5) is 0 Å². The van der Waals surface area contributed by atoms with Gasteiger partial charge in [0.15, 0.2) is 0 Å². The van der Waals surface area contributed by atoms with Crippen molar-refractivity contribution in [1.29, 1.82) is 0 Å². The van der Waals surface area contributed by atoms with Gasteiger partial charge in [0.1, 0.15) is 0 Å². The molecule has 2 rings (SSSR count). The Morgan fingerprint density at radius 3 is 2.33 bits per heavy atom. The van der Waals surface area contributed by atoms with Gasteiger partial charge in [-0.1, -0.05) is 37.6 Å². The highest BCUT2D eigenvalue weighted by atomic mass is 35.5. The van der Waals surface area contributed by atoms with Crippen molar-refractivity contribution >= 4 is 11.6 Å². The van der Waals surface area contributed by atoms with Crippen molar-refractivity contribution in [2.24, 2.45) is 5.92 Å². The Bertz CT molecular complexity index is 421. The molecule has 0 aromatic heterocycles. The number of likely N-dealkylation sites (N-methyl/N-ethyl adjacent to an activating group) is 1. The first-order chi connectivity index (χ1) is 9.95. The fourth-order valence-electron chi connectivity index (χ4n) is 3.12. The molecule has 1 aliphatic carbocycles. The van der Waals surface area contributed by atoms with E-state index in [4.69, 9.17) is 11.6 Å². The SMILES string of the molecule is CC(C)CC(CNC1CC(c2ccc(Cl)cc2)C1)N(C)C. The van der Waals surface area contributed by atoms with Gasteiger partial charge in [-0.15, -0.1) is 0 Å². The molecule has 0 radical (unpaired) electrons. The van der Waals surface area contributed by atoms with Gasteiger partial charge < -0.3 is 10.2 Å². The van der Waals surface area contributed by atoms with Crippen LogP contribution >= 0.6 is 11.6 Å². The number of benzene rings is 1. The van der Waals surface area contributed by atoms with Gasteiger partial charge in [0.2, 0.25) is 0 Å². The maximum absolute atomic E-state index is 5.94. The van der Waals surface area contributed by atoms with Crippen molar-refractivity contribution in [2.75, 3.05) is 20.6 Å². The Morgan fingerprint density at radius 1 is 1.19 bits per heavy atom. The van der Waals surface area contributed by atoms with Gasteiger partial charge in [-0.25, -0.2) is 0 Å². The molecule has 0 saturated heterocycles. The zero-order chi connectivity index (χ0) is 15.4. The Balaban J connectivity index is 1.73. The first-order valence-electron chi connectivity index (χ1n) is 8.11. The van der Waals surface area contributed by atoms with E-state index >= 15 is 0 Å². The van der Waals surface area contributed by atoms with Gasteiger partial charge in [0, 0.05) is 23.7 Å². The number of nitrogens with one attached hydrogen (secondary N) is 1. The first-order valence-corrected chi connectivity index (χ1v) is 8.48. The van der Waals surface area contributed by atoms with Crippen LogP contribution in [0.3, 0.4) is 0 Å². The second-order valence-corrected chi connectivity index (χ2v) is 7.51. The van der Waals surface area contributed by atoms with E-state index in [1.165, 1.54) is 24.8 Å². The largest absolute Gasteiger partial charge is 0.312 e. The molecule has 1 fully saturated rings. The third-order valence-electron chi connectivity index (χ3n) is 4.60. The summed E-state index contributed by atoms with van der Waals surface area (Å²) in [5.41, 5.74) is 1.43. The van der Waals surface area contributed by atoms with E-state index in [9.17, 15) is 0 Å². The van der Waals surface area contributed by atoms with Gasteiger partial charge in [-0.3, -0.25) is 0 Å². The summed E-state index contributed by atoms with van der Waals surface area (Å²) in [7, 11) is 4.37. The molecule has 1 aromatic rings. The van der Waals surface area contributed by atoms with Crippen LogP contribution in [0.15, 0.2) is 24.3 Å². The van der Waals surface area contributed by atoms with Crippen molar-refractivity contribution in [3.8, 4) is 0 Å². The van der Waals surface area contributed by atoms with E-state index in [1.807, 2.05) is 12.1 Å². The summed E-state index contributed by atoms with van der Waals surface area (Å²) in [6.07, 6.45) is 3.76. The summed E-state index contributed by atoms with van der Waals surface area (Å²) in [6.45, 7) is 5.70. The number of rotatable bonds is 7. The number of hydrogen-bond donors (Lipinski definition) is 1. The number of nitrogens with zero attached hydrogens (tertiary/aromatic N) is 1. The van der Waals surface area contributed by atoms with Gasteiger partial charge >= 0.3 is 0 Å². The first kappa shape index (κ1) is 16.8. The third-order valence-corrected chi connectivity index (χ3v) is 4.85. The lowest BCUT2D eigenvalue weighted by Crippen LogP contribution is -2.47. The Labute approximate surface area is 134 Å². The van der Waals surface area contributed by atoms with Crippen molar-refractivity contribution in [2.45, 2.75) is 51.1 Å². The van der Waals surface area contributed by atoms with Crippen molar-refractivity contribution in [3.05, 3.63) is 34.9 Å². The normalized spacial score (nSPS) is 23.4. The van der Waals surface area contributed by atoms with Crippen molar-refractivity contribution in [3.63, 3.8) is 0 Å². The maximum atomic E-state index is 5.94. The molecule has 0 spiro atoms. The average Bonchev–Trinajstić information content (AvgIpc) is 2.36. The molecule has 2 nitrogen and oxygen atoms in total. The maximum Gasteiger partial charge on any atom is 0.0406 e. The number of halogens is 1. The van der Waals surface area contributed by atoms with Crippen LogP contribution in [0, 0.1) is 5.92 Å². The molecular weight excluding hydrogens is 280 g/mol. The van der Waals surface area contributed by atoms with Crippen LogP contribution in [-0.4, -0.2) is 37.6 Å². The lowest BCUT2D eigenvalue weighted by atomic mass is 9.76. The average molecular weight is 309 g/mol. The molecule has 1 saturated carbocycles. The Kier molecular flexibility index (Phi) is 6.09. The van der Waals surface area contributed by atoms with Gasteiger partial charge in [0.25, 0.3) is 0 Å². The van der Waals surface area contributed by atoms with Gasteiger partial charge in [-0.05, 0) is 62.9 Å². The summed E-state index contributed by atoms with van der Waals surface area (Å²) >= 11 is 5.94. The quantitative estimate of drug-likeness (QED) is 0.814. The highest BCUT2D eigenvalue weighted by Crippen LogP contribution is 2.37. The molecule has 3 heteroatoms. The van der Waals surface area contributed by atoms with Crippen LogP contribution in [0.1, 0.15) is 44.6 Å². The molecule has 0 bridgehead atoms. The summed E-state index contributed by atoms with van der Waals surface area (Å²) in [5.74, 6) is 1.46. The molecule has 118 valence electrons. The van der Waals surface area contributed by atoms with Crippen LogP contribution in [0.2, 0.25) is 5.02 Å². The second kappa shape index (κ2) is 7.62. The molecule has 1 atom stereocenters. The minimum absolute atomic E-state index is 0.639. The Hall–Kier alpha value is -0.570. The van der Waals surface area contributed by atoms with E-state index in [1.54, 1.807) is 0 Å².